The normalized spacial score (nSPS) is 17.5. The number of aliphatic carboxylic acids is 1. The highest BCUT2D eigenvalue weighted by molar-refractivity contribution is 5.78. The molecule has 1 fully saturated rings. The third kappa shape index (κ3) is 4.67. The Bertz CT molecular complexity index is 328. The lowest BCUT2D eigenvalue weighted by Crippen LogP contribution is -2.47. The van der Waals surface area contributed by atoms with Crippen molar-refractivity contribution in [2.45, 2.75) is 38.5 Å². The van der Waals surface area contributed by atoms with Crippen LogP contribution in [0.25, 0.3) is 0 Å². The molecule has 6 nitrogen and oxygen atoms in total. The van der Waals surface area contributed by atoms with Gasteiger partial charge in [-0.2, -0.15) is 0 Å². The molecule has 6 heteroatoms. The average molecular weight is 285 g/mol. The summed E-state index contributed by atoms with van der Waals surface area (Å²) in [7, 11) is 3.61. The van der Waals surface area contributed by atoms with Crippen LogP contribution < -0.4 is 10.6 Å². The first-order valence-corrected chi connectivity index (χ1v) is 7.39. The Morgan fingerprint density at radius 2 is 1.90 bits per heavy atom. The molecule has 0 radical (unpaired) electrons. The molecular weight excluding hydrogens is 258 g/mol. The number of urea groups is 1. The second kappa shape index (κ2) is 8.09. The maximum atomic E-state index is 11.9. The van der Waals surface area contributed by atoms with Crippen molar-refractivity contribution >= 4 is 12.0 Å². The number of carboxylic acid groups (broad SMARTS) is 1. The molecule has 0 aliphatic heterocycles. The van der Waals surface area contributed by atoms with Gasteiger partial charge in [0.05, 0.1) is 5.41 Å². The van der Waals surface area contributed by atoms with Crippen molar-refractivity contribution in [1.82, 2.24) is 15.5 Å². The molecule has 0 atom stereocenters. The quantitative estimate of drug-likeness (QED) is 0.615. The second-order valence-corrected chi connectivity index (χ2v) is 5.68. The summed E-state index contributed by atoms with van der Waals surface area (Å²) in [5, 5.41) is 15.3. The maximum absolute atomic E-state index is 11.9. The first-order chi connectivity index (χ1) is 9.52. The van der Waals surface area contributed by atoms with Crippen molar-refractivity contribution < 1.29 is 14.7 Å². The van der Waals surface area contributed by atoms with Gasteiger partial charge in [0.15, 0.2) is 0 Å². The Morgan fingerprint density at radius 1 is 1.25 bits per heavy atom. The number of nitrogens with one attached hydrogen (secondary N) is 2. The van der Waals surface area contributed by atoms with Crippen molar-refractivity contribution in [3.63, 3.8) is 0 Å². The van der Waals surface area contributed by atoms with Gasteiger partial charge in [-0.25, -0.2) is 4.79 Å². The molecule has 0 heterocycles. The Labute approximate surface area is 120 Å². The van der Waals surface area contributed by atoms with Gasteiger partial charge in [-0.3, -0.25) is 4.79 Å². The van der Waals surface area contributed by atoms with E-state index in [4.69, 9.17) is 0 Å². The summed E-state index contributed by atoms with van der Waals surface area (Å²) in [5.41, 5.74) is -0.764. The lowest BCUT2D eigenvalue weighted by Gasteiger charge is -2.33. The minimum Gasteiger partial charge on any atom is -0.481 e. The van der Waals surface area contributed by atoms with Gasteiger partial charge in [0, 0.05) is 20.1 Å². The minimum atomic E-state index is -0.782. The zero-order valence-electron chi connectivity index (χ0n) is 12.6. The van der Waals surface area contributed by atoms with E-state index in [2.05, 4.69) is 10.6 Å². The van der Waals surface area contributed by atoms with Gasteiger partial charge >= 0.3 is 12.0 Å². The highest BCUT2D eigenvalue weighted by atomic mass is 16.4. The monoisotopic (exact) mass is 285 g/mol. The number of carbonyl (C=O) groups excluding carboxylic acids is 1. The van der Waals surface area contributed by atoms with Crippen LogP contribution in [0.3, 0.4) is 0 Å². The summed E-state index contributed by atoms with van der Waals surface area (Å²) >= 11 is 0. The second-order valence-electron chi connectivity index (χ2n) is 5.68. The van der Waals surface area contributed by atoms with Crippen LogP contribution in [0.5, 0.6) is 0 Å². The number of hydrogen-bond acceptors (Lipinski definition) is 3. The Hall–Kier alpha value is -1.30. The van der Waals surface area contributed by atoms with Crippen molar-refractivity contribution in [2.75, 3.05) is 33.7 Å². The van der Waals surface area contributed by atoms with Crippen molar-refractivity contribution in [2.24, 2.45) is 5.41 Å². The molecule has 0 bridgehead atoms. The van der Waals surface area contributed by atoms with E-state index in [9.17, 15) is 14.7 Å². The maximum Gasteiger partial charge on any atom is 0.317 e. The summed E-state index contributed by atoms with van der Waals surface area (Å²) in [6.07, 6.45) is 5.15. The van der Waals surface area contributed by atoms with Crippen LogP contribution in [0, 0.1) is 5.41 Å². The lowest BCUT2D eigenvalue weighted by molar-refractivity contribution is -0.150. The zero-order chi connectivity index (χ0) is 15.0. The van der Waals surface area contributed by atoms with Crippen molar-refractivity contribution in [1.29, 1.82) is 0 Å². The van der Waals surface area contributed by atoms with Gasteiger partial charge in [-0.1, -0.05) is 19.3 Å². The molecule has 1 aliphatic carbocycles. The fourth-order valence-electron chi connectivity index (χ4n) is 2.67. The zero-order valence-corrected chi connectivity index (χ0v) is 12.6. The lowest BCUT2D eigenvalue weighted by atomic mass is 9.74. The number of hydrogen-bond donors (Lipinski definition) is 3. The largest absolute Gasteiger partial charge is 0.481 e. The summed E-state index contributed by atoms with van der Waals surface area (Å²) in [4.78, 5) is 25.0. The molecule has 0 aromatic heterocycles. The first kappa shape index (κ1) is 16.8. The Morgan fingerprint density at radius 3 is 2.45 bits per heavy atom. The molecule has 1 aliphatic rings. The Balaban J connectivity index is 2.42. The molecule has 2 amide bonds. The molecule has 0 spiro atoms. The summed E-state index contributed by atoms with van der Waals surface area (Å²) in [6, 6.07) is -0.188. The van der Waals surface area contributed by atoms with Crippen LogP contribution in [0.15, 0.2) is 0 Å². The average Bonchev–Trinajstić information content (AvgIpc) is 2.45. The van der Waals surface area contributed by atoms with Crippen LogP contribution in [-0.4, -0.2) is 55.7 Å². The van der Waals surface area contributed by atoms with Crippen LogP contribution >= 0.6 is 0 Å². The molecule has 0 unspecified atom stereocenters. The highest BCUT2D eigenvalue weighted by Crippen LogP contribution is 2.35. The summed E-state index contributed by atoms with van der Waals surface area (Å²) < 4.78 is 0. The standard InChI is InChI=1S/C14H27N3O3/c1-15-9-6-10-17(2)13(20)16-11-14(12(18)19)7-4-3-5-8-14/h15H,3-11H2,1-2H3,(H,16,20)(H,18,19). The minimum absolute atomic E-state index is 0.188. The van der Waals surface area contributed by atoms with E-state index in [0.717, 1.165) is 32.2 Å². The first-order valence-electron chi connectivity index (χ1n) is 7.39. The SMILES string of the molecule is CNCCCN(C)C(=O)NCC1(C(=O)O)CCCCC1. The van der Waals surface area contributed by atoms with Crippen molar-refractivity contribution in [3.05, 3.63) is 0 Å². The molecule has 0 aromatic carbocycles. The number of nitrogens with zero attached hydrogens (tertiary/aromatic N) is 1. The van der Waals surface area contributed by atoms with Gasteiger partial charge in [-0.15, -0.1) is 0 Å². The molecule has 116 valence electrons. The molecule has 3 N–H and O–H groups in total. The summed E-state index contributed by atoms with van der Waals surface area (Å²) in [6.45, 7) is 1.75. The van der Waals surface area contributed by atoms with Crippen LogP contribution in [0.2, 0.25) is 0 Å². The molecule has 20 heavy (non-hydrogen) atoms. The van der Waals surface area contributed by atoms with Crippen LogP contribution in [0.1, 0.15) is 38.5 Å². The van der Waals surface area contributed by atoms with E-state index in [1.165, 1.54) is 0 Å². The van der Waals surface area contributed by atoms with Gasteiger partial charge in [-0.05, 0) is 32.9 Å². The van der Waals surface area contributed by atoms with Gasteiger partial charge in [0.1, 0.15) is 0 Å². The molecule has 0 aromatic rings. The van der Waals surface area contributed by atoms with Gasteiger partial charge < -0.3 is 20.6 Å². The summed E-state index contributed by atoms with van der Waals surface area (Å²) in [5.74, 6) is -0.782. The van der Waals surface area contributed by atoms with E-state index in [0.29, 0.717) is 19.4 Å². The van der Waals surface area contributed by atoms with E-state index in [1.807, 2.05) is 7.05 Å². The van der Waals surface area contributed by atoms with Crippen molar-refractivity contribution in [3.8, 4) is 0 Å². The molecule has 0 saturated heterocycles. The fraction of sp³-hybridized carbons (Fsp3) is 0.857. The number of carbonyl (C=O) groups is 2. The highest BCUT2D eigenvalue weighted by Gasteiger charge is 2.39. The van der Waals surface area contributed by atoms with E-state index in [-0.39, 0.29) is 12.6 Å². The van der Waals surface area contributed by atoms with Crippen LogP contribution in [-0.2, 0) is 4.79 Å². The van der Waals surface area contributed by atoms with Crippen LogP contribution in [0.4, 0.5) is 4.79 Å². The fourth-order valence-corrected chi connectivity index (χ4v) is 2.67. The predicted molar refractivity (Wildman–Crippen MR) is 77.7 cm³/mol. The topological polar surface area (TPSA) is 81.7 Å². The molecule has 1 rings (SSSR count). The van der Waals surface area contributed by atoms with Gasteiger partial charge in [0.25, 0.3) is 0 Å². The molecule has 1 saturated carbocycles. The predicted octanol–water partition coefficient (Wildman–Crippen LogP) is 1.27. The number of rotatable bonds is 7. The van der Waals surface area contributed by atoms with E-state index in [1.54, 1.807) is 11.9 Å². The molecular formula is C14H27N3O3. The number of amides is 2. The number of carboxylic acids is 1. The smallest absolute Gasteiger partial charge is 0.317 e. The van der Waals surface area contributed by atoms with Gasteiger partial charge in [0.2, 0.25) is 0 Å². The van der Waals surface area contributed by atoms with E-state index >= 15 is 0 Å². The van der Waals surface area contributed by atoms with E-state index < -0.39 is 11.4 Å². The third-order valence-corrected chi connectivity index (χ3v) is 4.11. The Kier molecular flexibility index (Phi) is 6.78. The third-order valence-electron chi connectivity index (χ3n) is 4.11.